The predicted molar refractivity (Wildman–Crippen MR) is 67.9 cm³/mol. The molecule has 1 rings (SSSR count). The van der Waals surface area contributed by atoms with E-state index >= 15 is 0 Å². The highest BCUT2D eigenvalue weighted by Crippen LogP contribution is 2.11. The molecule has 0 heterocycles. The van der Waals surface area contributed by atoms with Crippen molar-refractivity contribution in [2.24, 2.45) is 5.73 Å². The minimum Gasteiger partial charge on any atom is -0.386 e. The van der Waals surface area contributed by atoms with Crippen molar-refractivity contribution in [1.82, 2.24) is 10.6 Å². The van der Waals surface area contributed by atoms with E-state index in [1.165, 1.54) is 0 Å². The molecule has 0 fully saturated rings. The number of carbonyl (C=O) groups excluding carboxylic acids is 1. The highest BCUT2D eigenvalue weighted by atomic mass is 16.2. The number of amides is 2. The van der Waals surface area contributed by atoms with Crippen molar-refractivity contribution < 1.29 is 4.79 Å². The third-order valence-electron chi connectivity index (χ3n) is 2.25. The first-order valence-electron chi connectivity index (χ1n) is 5.58. The van der Waals surface area contributed by atoms with Crippen LogP contribution in [0.4, 0.5) is 4.79 Å². The third-order valence-corrected chi connectivity index (χ3v) is 2.25. The zero-order chi connectivity index (χ0) is 12.7. The van der Waals surface area contributed by atoms with Crippen LogP contribution in [0.2, 0.25) is 0 Å². The molecule has 1 aromatic carbocycles. The van der Waals surface area contributed by atoms with Gasteiger partial charge in [0.15, 0.2) is 0 Å². The summed E-state index contributed by atoms with van der Waals surface area (Å²) >= 11 is 0. The van der Waals surface area contributed by atoms with Gasteiger partial charge >= 0.3 is 6.03 Å². The summed E-state index contributed by atoms with van der Waals surface area (Å²) < 4.78 is 0. The van der Waals surface area contributed by atoms with Gasteiger partial charge in [0.25, 0.3) is 0 Å². The molecule has 0 aliphatic carbocycles. The van der Waals surface area contributed by atoms with Crippen molar-refractivity contribution >= 4 is 11.9 Å². The fraction of sp³-hybridized carbons (Fsp3) is 0.333. The molecule has 5 heteroatoms. The van der Waals surface area contributed by atoms with Crippen molar-refractivity contribution in [1.29, 1.82) is 5.41 Å². The molecule has 0 aliphatic rings. The Morgan fingerprint density at radius 2 is 2.06 bits per heavy atom. The van der Waals surface area contributed by atoms with Crippen LogP contribution >= 0.6 is 0 Å². The Labute approximate surface area is 101 Å². The summed E-state index contributed by atoms with van der Waals surface area (Å²) in [7, 11) is 0. The molecule has 1 unspecified atom stereocenters. The van der Waals surface area contributed by atoms with E-state index in [9.17, 15) is 4.79 Å². The zero-order valence-corrected chi connectivity index (χ0v) is 9.86. The monoisotopic (exact) mass is 234 g/mol. The smallest absolute Gasteiger partial charge is 0.315 e. The quantitative estimate of drug-likeness (QED) is 0.458. The average Bonchev–Trinajstić information content (AvgIpc) is 2.34. The molecule has 0 spiro atoms. The van der Waals surface area contributed by atoms with Crippen LogP contribution in [0.3, 0.4) is 0 Å². The molecular weight excluding hydrogens is 216 g/mol. The number of nitrogens with one attached hydrogen (secondary N) is 3. The van der Waals surface area contributed by atoms with E-state index < -0.39 is 6.04 Å². The molecule has 0 aromatic heterocycles. The third kappa shape index (κ3) is 4.14. The lowest BCUT2D eigenvalue weighted by atomic mass is 10.1. The maximum atomic E-state index is 11.5. The van der Waals surface area contributed by atoms with E-state index in [1.807, 2.05) is 37.3 Å². The van der Waals surface area contributed by atoms with Gasteiger partial charge in [-0.25, -0.2) is 4.79 Å². The average molecular weight is 234 g/mol. The Morgan fingerprint density at radius 3 is 2.59 bits per heavy atom. The Kier molecular flexibility index (Phi) is 5.00. The fourth-order valence-electron chi connectivity index (χ4n) is 1.41. The summed E-state index contributed by atoms with van der Waals surface area (Å²) in [6.45, 7) is 2.57. The molecule has 1 atom stereocenters. The Bertz CT molecular complexity index is 377. The van der Waals surface area contributed by atoms with Crippen molar-refractivity contribution in [3.8, 4) is 0 Å². The van der Waals surface area contributed by atoms with Crippen molar-refractivity contribution in [2.45, 2.75) is 19.4 Å². The van der Waals surface area contributed by atoms with Crippen LogP contribution in [0.15, 0.2) is 30.3 Å². The van der Waals surface area contributed by atoms with Crippen LogP contribution in [0.25, 0.3) is 0 Å². The van der Waals surface area contributed by atoms with E-state index in [1.54, 1.807) is 0 Å². The van der Waals surface area contributed by atoms with E-state index in [4.69, 9.17) is 11.1 Å². The highest BCUT2D eigenvalue weighted by Gasteiger charge is 2.16. The van der Waals surface area contributed by atoms with Crippen LogP contribution in [-0.2, 0) is 0 Å². The first kappa shape index (κ1) is 13.0. The maximum absolute atomic E-state index is 11.5. The topological polar surface area (TPSA) is 91.0 Å². The lowest BCUT2D eigenvalue weighted by Crippen LogP contribution is -2.43. The van der Waals surface area contributed by atoms with Gasteiger partial charge in [-0.05, 0) is 12.0 Å². The lowest BCUT2D eigenvalue weighted by molar-refractivity contribution is 0.239. The number of amidine groups is 1. The molecule has 0 saturated carbocycles. The van der Waals surface area contributed by atoms with Gasteiger partial charge in [-0.2, -0.15) is 0 Å². The van der Waals surface area contributed by atoms with Crippen LogP contribution in [0.5, 0.6) is 0 Å². The number of urea groups is 1. The van der Waals surface area contributed by atoms with Gasteiger partial charge in [0.2, 0.25) is 0 Å². The molecule has 0 bridgehead atoms. The predicted octanol–water partition coefficient (Wildman–Crippen LogP) is 1.37. The summed E-state index contributed by atoms with van der Waals surface area (Å²) in [6, 6.07) is 8.33. The normalized spacial score (nSPS) is 11.6. The first-order valence-corrected chi connectivity index (χ1v) is 5.58. The zero-order valence-electron chi connectivity index (χ0n) is 9.86. The molecular formula is C12H18N4O. The Balaban J connectivity index is 2.68. The molecule has 0 aliphatic heterocycles. The van der Waals surface area contributed by atoms with Crippen molar-refractivity contribution in [3.63, 3.8) is 0 Å². The number of nitrogens with two attached hydrogens (primary N) is 1. The maximum Gasteiger partial charge on any atom is 0.315 e. The summed E-state index contributed by atoms with van der Waals surface area (Å²) in [6.07, 6.45) is 0.865. The largest absolute Gasteiger partial charge is 0.386 e. The minimum atomic E-state index is -0.576. The lowest BCUT2D eigenvalue weighted by Gasteiger charge is -2.18. The van der Waals surface area contributed by atoms with Crippen LogP contribution in [-0.4, -0.2) is 18.4 Å². The molecule has 5 N–H and O–H groups in total. The van der Waals surface area contributed by atoms with Gasteiger partial charge in [-0.3, -0.25) is 5.41 Å². The van der Waals surface area contributed by atoms with E-state index in [2.05, 4.69) is 10.6 Å². The molecule has 0 saturated heterocycles. The number of carbonyl (C=O) groups is 1. The first-order chi connectivity index (χ1) is 8.15. The number of hydrogen-bond acceptors (Lipinski definition) is 2. The molecule has 92 valence electrons. The van der Waals surface area contributed by atoms with Crippen molar-refractivity contribution in [2.75, 3.05) is 6.54 Å². The van der Waals surface area contributed by atoms with Crippen molar-refractivity contribution in [3.05, 3.63) is 35.9 Å². The number of benzene rings is 1. The van der Waals surface area contributed by atoms with Gasteiger partial charge in [-0.1, -0.05) is 37.3 Å². The van der Waals surface area contributed by atoms with Gasteiger partial charge in [-0.15, -0.1) is 0 Å². The SMILES string of the molecule is CCCNC(=O)NC(C(=N)N)c1ccccc1. The van der Waals surface area contributed by atoms with Crippen LogP contribution < -0.4 is 16.4 Å². The summed E-state index contributed by atoms with van der Waals surface area (Å²) in [4.78, 5) is 11.5. The molecule has 5 nitrogen and oxygen atoms in total. The molecule has 0 radical (unpaired) electrons. The van der Waals surface area contributed by atoms with Gasteiger partial charge in [0.05, 0.1) is 0 Å². The van der Waals surface area contributed by atoms with Gasteiger partial charge in [0, 0.05) is 6.54 Å². The Morgan fingerprint density at radius 1 is 1.41 bits per heavy atom. The van der Waals surface area contributed by atoms with E-state index in [0.29, 0.717) is 6.54 Å². The summed E-state index contributed by atoms with van der Waals surface area (Å²) in [5, 5.41) is 12.8. The minimum absolute atomic E-state index is 0.0807. The van der Waals surface area contributed by atoms with E-state index in [0.717, 1.165) is 12.0 Å². The molecule has 2 amide bonds. The Hall–Kier alpha value is -2.04. The summed E-state index contributed by atoms with van der Waals surface area (Å²) in [5.41, 5.74) is 6.28. The van der Waals surface area contributed by atoms with Crippen LogP contribution in [0.1, 0.15) is 24.9 Å². The molecule has 1 aromatic rings. The summed E-state index contributed by atoms with van der Waals surface area (Å²) in [5.74, 6) is -0.0807. The van der Waals surface area contributed by atoms with Crippen LogP contribution in [0, 0.1) is 5.41 Å². The molecule has 17 heavy (non-hydrogen) atoms. The highest BCUT2D eigenvalue weighted by molar-refractivity contribution is 5.88. The van der Waals surface area contributed by atoms with Gasteiger partial charge < -0.3 is 16.4 Å². The number of rotatable bonds is 5. The van der Waals surface area contributed by atoms with Gasteiger partial charge in [0.1, 0.15) is 11.9 Å². The second-order valence-electron chi connectivity index (χ2n) is 3.70. The second kappa shape index (κ2) is 6.52. The number of hydrogen-bond donors (Lipinski definition) is 4. The fourth-order valence-corrected chi connectivity index (χ4v) is 1.41. The standard InChI is InChI=1S/C12H18N4O/c1-2-8-15-12(17)16-10(11(13)14)9-6-4-3-5-7-9/h3-7,10H,2,8H2,1H3,(H3,13,14)(H2,15,16,17). The second-order valence-corrected chi connectivity index (χ2v) is 3.70. The van der Waals surface area contributed by atoms with E-state index in [-0.39, 0.29) is 11.9 Å².